The van der Waals surface area contributed by atoms with Gasteiger partial charge < -0.3 is 15.5 Å². The van der Waals surface area contributed by atoms with Crippen molar-refractivity contribution in [3.63, 3.8) is 0 Å². The Morgan fingerprint density at radius 1 is 1.25 bits per heavy atom. The molecule has 0 saturated carbocycles. The maximum atomic E-state index is 5.69. The maximum Gasteiger partial charge on any atom is 0.131 e. The van der Waals surface area contributed by atoms with E-state index in [1.165, 1.54) is 5.56 Å². The van der Waals surface area contributed by atoms with Crippen molar-refractivity contribution in [3.05, 3.63) is 23.9 Å². The minimum Gasteiger partial charge on any atom is -0.354 e. The van der Waals surface area contributed by atoms with Gasteiger partial charge in [0, 0.05) is 45.5 Å². The normalized spacial score (nSPS) is 16.9. The number of piperazine rings is 1. The van der Waals surface area contributed by atoms with Crippen LogP contribution in [0.25, 0.3) is 0 Å². The Labute approximate surface area is 122 Å². The Bertz CT molecular complexity index is 399. The average molecular weight is 277 g/mol. The highest BCUT2D eigenvalue weighted by atomic mass is 15.3. The summed E-state index contributed by atoms with van der Waals surface area (Å²) in [6, 6.07) is 4.15. The van der Waals surface area contributed by atoms with Crippen LogP contribution in [0, 0.1) is 0 Å². The smallest absolute Gasteiger partial charge is 0.131 e. The van der Waals surface area contributed by atoms with Crippen LogP contribution in [-0.2, 0) is 6.42 Å². The van der Waals surface area contributed by atoms with E-state index in [9.17, 15) is 0 Å². The summed E-state index contributed by atoms with van der Waals surface area (Å²) >= 11 is 0. The van der Waals surface area contributed by atoms with E-state index < -0.39 is 0 Å². The van der Waals surface area contributed by atoms with Gasteiger partial charge in [0.2, 0.25) is 0 Å². The molecule has 0 unspecified atom stereocenters. The fraction of sp³-hybridized carbons (Fsp3) is 0.667. The van der Waals surface area contributed by atoms with Crippen molar-refractivity contribution in [2.45, 2.75) is 6.42 Å². The minimum atomic E-state index is 0.682. The number of nitrogens with zero attached hydrogens (tertiary/aromatic N) is 4. The van der Waals surface area contributed by atoms with Crippen LogP contribution in [0.15, 0.2) is 18.3 Å². The molecule has 0 aliphatic carbocycles. The van der Waals surface area contributed by atoms with Gasteiger partial charge in [-0.05, 0) is 38.7 Å². The lowest BCUT2D eigenvalue weighted by Gasteiger charge is -2.36. The molecule has 1 aromatic rings. The lowest BCUT2D eigenvalue weighted by Crippen LogP contribution is -2.48. The first kappa shape index (κ1) is 15.2. The quantitative estimate of drug-likeness (QED) is 0.809. The van der Waals surface area contributed by atoms with Gasteiger partial charge in [-0.15, -0.1) is 0 Å². The predicted octanol–water partition coefficient (Wildman–Crippen LogP) is 0.266. The molecule has 0 atom stereocenters. The molecule has 1 fully saturated rings. The van der Waals surface area contributed by atoms with Crippen LogP contribution in [0.4, 0.5) is 5.82 Å². The number of hydrogen-bond acceptors (Lipinski definition) is 5. The molecule has 1 aromatic heterocycles. The fourth-order valence-electron chi connectivity index (χ4n) is 2.59. The summed E-state index contributed by atoms with van der Waals surface area (Å²) in [5, 5.41) is 0. The van der Waals surface area contributed by atoms with Gasteiger partial charge in [-0.2, -0.15) is 0 Å². The topological polar surface area (TPSA) is 48.6 Å². The number of nitrogens with two attached hydrogens (primary N) is 1. The zero-order valence-electron chi connectivity index (χ0n) is 12.8. The molecule has 1 aliphatic heterocycles. The van der Waals surface area contributed by atoms with Crippen LogP contribution in [0.1, 0.15) is 5.56 Å². The Morgan fingerprint density at radius 2 is 2.00 bits per heavy atom. The zero-order chi connectivity index (χ0) is 14.4. The highest BCUT2D eigenvalue weighted by molar-refractivity contribution is 5.47. The third-order valence-electron chi connectivity index (χ3n) is 3.82. The van der Waals surface area contributed by atoms with E-state index in [0.29, 0.717) is 6.54 Å². The van der Waals surface area contributed by atoms with E-state index >= 15 is 0 Å². The molecule has 0 radical (unpaired) electrons. The Kier molecular flexibility index (Phi) is 5.76. The lowest BCUT2D eigenvalue weighted by molar-refractivity contribution is 0.229. The Hall–Kier alpha value is -1.17. The van der Waals surface area contributed by atoms with Crippen molar-refractivity contribution in [3.8, 4) is 0 Å². The second-order valence-corrected chi connectivity index (χ2v) is 5.66. The molecule has 0 bridgehead atoms. The molecule has 0 amide bonds. The molecule has 0 aromatic carbocycles. The van der Waals surface area contributed by atoms with Crippen LogP contribution in [0.2, 0.25) is 0 Å². The fourth-order valence-corrected chi connectivity index (χ4v) is 2.59. The molecule has 1 aliphatic rings. The van der Waals surface area contributed by atoms with Gasteiger partial charge in [0.05, 0.1) is 0 Å². The van der Waals surface area contributed by atoms with Crippen LogP contribution < -0.4 is 10.6 Å². The molecule has 0 spiro atoms. The highest BCUT2D eigenvalue weighted by Crippen LogP contribution is 2.19. The molecule has 20 heavy (non-hydrogen) atoms. The summed E-state index contributed by atoms with van der Waals surface area (Å²) < 4.78 is 0. The molecule has 2 N–H and O–H groups in total. The van der Waals surface area contributed by atoms with Gasteiger partial charge in [-0.3, -0.25) is 4.90 Å². The number of likely N-dealkylation sites (N-methyl/N-ethyl adjacent to an activating group) is 1. The summed E-state index contributed by atoms with van der Waals surface area (Å²) in [6.45, 7) is 7.31. The van der Waals surface area contributed by atoms with Gasteiger partial charge >= 0.3 is 0 Å². The van der Waals surface area contributed by atoms with Crippen molar-refractivity contribution in [2.24, 2.45) is 5.73 Å². The van der Waals surface area contributed by atoms with E-state index in [1.807, 2.05) is 12.3 Å². The first-order valence-electron chi connectivity index (χ1n) is 7.46. The van der Waals surface area contributed by atoms with Gasteiger partial charge in [-0.1, -0.05) is 6.07 Å². The number of pyridine rings is 1. The van der Waals surface area contributed by atoms with Crippen molar-refractivity contribution >= 4 is 5.82 Å². The summed E-state index contributed by atoms with van der Waals surface area (Å²) in [7, 11) is 4.26. The first-order valence-corrected chi connectivity index (χ1v) is 7.46. The zero-order valence-corrected chi connectivity index (χ0v) is 12.8. The number of rotatable bonds is 6. The Balaban J connectivity index is 1.90. The third-order valence-corrected chi connectivity index (χ3v) is 3.82. The van der Waals surface area contributed by atoms with Crippen LogP contribution >= 0.6 is 0 Å². The van der Waals surface area contributed by atoms with Crippen molar-refractivity contribution in [2.75, 3.05) is 64.8 Å². The van der Waals surface area contributed by atoms with Gasteiger partial charge in [0.15, 0.2) is 0 Å². The van der Waals surface area contributed by atoms with E-state index in [4.69, 9.17) is 5.73 Å². The summed E-state index contributed by atoms with van der Waals surface area (Å²) in [5.41, 5.74) is 6.96. The minimum absolute atomic E-state index is 0.682. The lowest BCUT2D eigenvalue weighted by atomic mass is 10.1. The number of aromatic nitrogens is 1. The molecule has 5 nitrogen and oxygen atoms in total. The van der Waals surface area contributed by atoms with Gasteiger partial charge in [0.1, 0.15) is 5.82 Å². The van der Waals surface area contributed by atoms with E-state index in [2.05, 4.69) is 39.8 Å². The molecule has 5 heteroatoms. The van der Waals surface area contributed by atoms with E-state index in [-0.39, 0.29) is 0 Å². The summed E-state index contributed by atoms with van der Waals surface area (Å²) in [5.74, 6) is 1.13. The second kappa shape index (κ2) is 7.57. The Morgan fingerprint density at radius 3 is 2.65 bits per heavy atom. The molecule has 1 saturated heterocycles. The van der Waals surface area contributed by atoms with Gasteiger partial charge in [0.25, 0.3) is 0 Å². The monoisotopic (exact) mass is 277 g/mol. The van der Waals surface area contributed by atoms with Gasteiger partial charge in [-0.25, -0.2) is 4.98 Å². The van der Waals surface area contributed by atoms with Crippen molar-refractivity contribution in [1.82, 2.24) is 14.8 Å². The predicted molar refractivity (Wildman–Crippen MR) is 84.2 cm³/mol. The van der Waals surface area contributed by atoms with Crippen LogP contribution in [-0.4, -0.2) is 74.7 Å². The molecular weight excluding hydrogens is 250 g/mol. The average Bonchev–Trinajstić information content (AvgIpc) is 2.47. The van der Waals surface area contributed by atoms with E-state index in [0.717, 1.165) is 51.5 Å². The van der Waals surface area contributed by atoms with Crippen molar-refractivity contribution in [1.29, 1.82) is 0 Å². The number of anilines is 1. The standard InChI is InChI=1S/C15H27N5/c1-18(2)8-9-19-10-12-20(13-11-19)15-14(5-6-16)4-3-7-17-15/h3-4,7H,5-6,8-13,16H2,1-2H3. The maximum absolute atomic E-state index is 5.69. The number of hydrogen-bond donors (Lipinski definition) is 1. The summed E-state index contributed by atoms with van der Waals surface area (Å²) in [4.78, 5) is 11.7. The molecule has 2 rings (SSSR count). The van der Waals surface area contributed by atoms with Crippen molar-refractivity contribution < 1.29 is 0 Å². The summed E-state index contributed by atoms with van der Waals surface area (Å²) in [6.07, 6.45) is 2.79. The molecular formula is C15H27N5. The second-order valence-electron chi connectivity index (χ2n) is 5.66. The third kappa shape index (κ3) is 4.16. The van der Waals surface area contributed by atoms with E-state index in [1.54, 1.807) is 0 Å². The highest BCUT2D eigenvalue weighted by Gasteiger charge is 2.19. The van der Waals surface area contributed by atoms with Crippen LogP contribution in [0.3, 0.4) is 0 Å². The van der Waals surface area contributed by atoms with Crippen LogP contribution in [0.5, 0.6) is 0 Å². The largest absolute Gasteiger partial charge is 0.354 e. The molecule has 112 valence electrons. The SMILES string of the molecule is CN(C)CCN1CCN(c2ncccc2CCN)CC1. The molecule has 2 heterocycles. The first-order chi connectivity index (χ1) is 9.70.